The summed E-state index contributed by atoms with van der Waals surface area (Å²) in [4.78, 5) is 2.54. The first-order chi connectivity index (χ1) is 16.1. The fraction of sp³-hybridized carbons (Fsp3) is 1.00. The van der Waals surface area contributed by atoms with Gasteiger partial charge in [0.2, 0.25) is 0 Å². The van der Waals surface area contributed by atoms with Crippen molar-refractivity contribution in [2.75, 3.05) is 33.7 Å². The molecule has 0 saturated heterocycles. The van der Waals surface area contributed by atoms with Crippen molar-refractivity contribution in [1.82, 2.24) is 10.2 Å². The lowest BCUT2D eigenvalue weighted by Gasteiger charge is -2.16. The molecule has 202 valence electrons. The third-order valence-corrected chi connectivity index (χ3v) is 6.75. The summed E-state index contributed by atoms with van der Waals surface area (Å²) in [5, 5.41) is 3.18. The Hall–Kier alpha value is -0.0800. The van der Waals surface area contributed by atoms with Crippen LogP contribution in [0, 0.1) is 5.92 Å². The molecule has 0 fully saturated rings. The molecule has 0 heterocycles. The summed E-state index contributed by atoms with van der Waals surface area (Å²) in [7, 11) is 4.33. The molecule has 33 heavy (non-hydrogen) atoms. The smallest absolute Gasteiger partial charge is 0.00218 e. The van der Waals surface area contributed by atoms with Gasteiger partial charge in [0.25, 0.3) is 0 Å². The van der Waals surface area contributed by atoms with Crippen LogP contribution < -0.4 is 5.32 Å². The lowest BCUT2D eigenvalue weighted by molar-refractivity contribution is 0.313. The molecule has 0 bridgehead atoms. The highest BCUT2D eigenvalue weighted by atomic mass is 15.1. The topological polar surface area (TPSA) is 15.3 Å². The average Bonchev–Trinajstić information content (AvgIpc) is 2.80. The first-order valence-electron chi connectivity index (χ1n) is 15.4. The van der Waals surface area contributed by atoms with E-state index in [-0.39, 0.29) is 0 Å². The Labute approximate surface area is 212 Å². The highest BCUT2D eigenvalue weighted by Gasteiger charge is 1.99. The van der Waals surface area contributed by atoms with Crippen molar-refractivity contribution in [3.8, 4) is 0 Å². The molecule has 0 atom stereocenters. The van der Waals surface area contributed by atoms with E-state index in [9.17, 15) is 0 Å². The molecule has 0 aliphatic rings. The minimum atomic E-state index is 0.884. The molecule has 0 aromatic rings. The van der Waals surface area contributed by atoms with E-state index in [1.54, 1.807) is 0 Å². The van der Waals surface area contributed by atoms with E-state index in [4.69, 9.17) is 0 Å². The van der Waals surface area contributed by atoms with Crippen molar-refractivity contribution in [3.05, 3.63) is 0 Å². The van der Waals surface area contributed by atoms with Crippen molar-refractivity contribution in [2.45, 2.75) is 163 Å². The molecule has 0 amide bonds. The Morgan fingerprint density at radius 3 is 1.27 bits per heavy atom. The maximum atomic E-state index is 3.18. The van der Waals surface area contributed by atoms with Crippen LogP contribution in [-0.4, -0.2) is 38.6 Å². The molecule has 0 aliphatic heterocycles. The molecule has 0 spiro atoms. The van der Waals surface area contributed by atoms with Gasteiger partial charge < -0.3 is 10.2 Å². The molecule has 0 rings (SSSR count). The Morgan fingerprint density at radius 2 is 0.879 bits per heavy atom. The van der Waals surface area contributed by atoms with E-state index >= 15 is 0 Å². The van der Waals surface area contributed by atoms with Gasteiger partial charge in [-0.2, -0.15) is 0 Å². The van der Waals surface area contributed by atoms with Gasteiger partial charge in [0.05, 0.1) is 0 Å². The number of hydrogen-bond donors (Lipinski definition) is 1. The van der Waals surface area contributed by atoms with Gasteiger partial charge in [-0.1, -0.05) is 143 Å². The Morgan fingerprint density at radius 1 is 0.515 bits per heavy atom. The number of nitrogens with one attached hydrogen (secondary N) is 1. The molecule has 2 heteroatoms. The van der Waals surface area contributed by atoms with Crippen LogP contribution >= 0.6 is 0 Å². The van der Waals surface area contributed by atoms with Gasteiger partial charge in [-0.25, -0.2) is 0 Å². The number of unbranched alkanes of at least 4 members (excludes halogenated alkanes) is 17. The lowest BCUT2D eigenvalue weighted by Crippen LogP contribution is -2.20. The van der Waals surface area contributed by atoms with Crippen LogP contribution in [0.25, 0.3) is 0 Å². The quantitative estimate of drug-likeness (QED) is 0.134. The van der Waals surface area contributed by atoms with Gasteiger partial charge >= 0.3 is 0 Å². The summed E-state index contributed by atoms with van der Waals surface area (Å²) in [5.74, 6) is 0.884. The highest BCUT2D eigenvalue weighted by Crippen LogP contribution is 2.11. The van der Waals surface area contributed by atoms with Gasteiger partial charge in [-0.3, -0.25) is 0 Å². The van der Waals surface area contributed by atoms with Crippen LogP contribution in [0.15, 0.2) is 0 Å². The summed E-state index contributed by atoms with van der Waals surface area (Å²) in [6, 6.07) is 0. The molecular formula is C31H68N2. The summed E-state index contributed by atoms with van der Waals surface area (Å²) in [6.07, 6.45) is 29.9. The predicted octanol–water partition coefficient (Wildman–Crippen LogP) is 10.0. The van der Waals surface area contributed by atoms with E-state index in [0.29, 0.717) is 0 Å². The largest absolute Gasteiger partial charge is 0.320 e. The molecule has 0 unspecified atom stereocenters. The lowest BCUT2D eigenvalue weighted by atomic mass is 10.0. The normalized spacial score (nSPS) is 11.3. The Balaban J connectivity index is 0. The third kappa shape index (κ3) is 36.7. The maximum absolute atomic E-state index is 3.18. The fourth-order valence-corrected chi connectivity index (χ4v) is 4.35. The minimum Gasteiger partial charge on any atom is -0.320 e. The number of nitrogens with zero attached hydrogens (tertiary/aromatic N) is 1. The van der Waals surface area contributed by atoms with Crippen molar-refractivity contribution in [1.29, 1.82) is 0 Å². The molecule has 0 aromatic carbocycles. The summed E-state index contributed by atoms with van der Waals surface area (Å²) in [6.45, 7) is 13.0. The first-order valence-corrected chi connectivity index (χ1v) is 15.4. The Kier molecular flexibility index (Phi) is 33.9. The summed E-state index contributed by atoms with van der Waals surface area (Å²) < 4.78 is 0. The fourth-order valence-electron chi connectivity index (χ4n) is 4.35. The van der Waals surface area contributed by atoms with Gasteiger partial charge in [0.15, 0.2) is 0 Å². The second kappa shape index (κ2) is 31.9. The van der Waals surface area contributed by atoms with Crippen molar-refractivity contribution in [3.63, 3.8) is 0 Å². The third-order valence-electron chi connectivity index (χ3n) is 6.75. The Bertz CT molecular complexity index is 306. The van der Waals surface area contributed by atoms with Crippen LogP contribution in [0.4, 0.5) is 0 Å². The molecule has 0 aromatic heterocycles. The van der Waals surface area contributed by atoms with E-state index in [2.05, 4.69) is 45.0 Å². The first kappa shape index (κ1) is 35.1. The van der Waals surface area contributed by atoms with E-state index in [1.807, 2.05) is 7.05 Å². The van der Waals surface area contributed by atoms with Gasteiger partial charge in [0.1, 0.15) is 0 Å². The highest BCUT2D eigenvalue weighted by molar-refractivity contribution is 4.55. The van der Waals surface area contributed by atoms with Crippen LogP contribution in [0.2, 0.25) is 0 Å². The monoisotopic (exact) mass is 469 g/mol. The van der Waals surface area contributed by atoms with Crippen molar-refractivity contribution in [2.24, 2.45) is 5.92 Å². The molecule has 0 saturated carbocycles. The second-order valence-corrected chi connectivity index (χ2v) is 11.0. The van der Waals surface area contributed by atoms with Gasteiger partial charge in [-0.05, 0) is 58.9 Å². The van der Waals surface area contributed by atoms with Crippen molar-refractivity contribution < 1.29 is 0 Å². The number of rotatable bonds is 25. The standard InChI is InChI=1S/C20H43N.C11H25N/c1-5-6-7-8-9-10-12-15-18-21(4)19-16-13-11-14-17-20(2)3;1-3-4-5-6-7-8-9-10-11-12-2/h20H,5-19H2,1-4H3;12H,3-11H2,1-2H3. The molecule has 1 N–H and O–H groups in total. The summed E-state index contributed by atoms with van der Waals surface area (Å²) >= 11 is 0. The van der Waals surface area contributed by atoms with Crippen LogP contribution in [0.3, 0.4) is 0 Å². The average molecular weight is 469 g/mol. The summed E-state index contributed by atoms with van der Waals surface area (Å²) in [5.41, 5.74) is 0. The van der Waals surface area contributed by atoms with Crippen LogP contribution in [0.1, 0.15) is 163 Å². The van der Waals surface area contributed by atoms with Gasteiger partial charge in [-0.15, -0.1) is 0 Å². The van der Waals surface area contributed by atoms with Crippen LogP contribution in [-0.2, 0) is 0 Å². The zero-order valence-electron chi connectivity index (χ0n) is 24.5. The van der Waals surface area contributed by atoms with E-state index in [0.717, 1.165) is 5.92 Å². The van der Waals surface area contributed by atoms with E-state index in [1.165, 1.54) is 154 Å². The second-order valence-electron chi connectivity index (χ2n) is 11.0. The van der Waals surface area contributed by atoms with E-state index < -0.39 is 0 Å². The zero-order valence-corrected chi connectivity index (χ0v) is 24.5. The molecule has 0 radical (unpaired) electrons. The van der Waals surface area contributed by atoms with Crippen LogP contribution in [0.5, 0.6) is 0 Å². The SMILES string of the molecule is CCCCCCCCCCN(C)CCCCCCC(C)C.CCCCCCCCCCNC. The number of hydrogen-bond acceptors (Lipinski definition) is 2. The minimum absolute atomic E-state index is 0.884. The van der Waals surface area contributed by atoms with Crippen molar-refractivity contribution >= 4 is 0 Å². The zero-order chi connectivity index (χ0) is 24.8. The molecule has 2 nitrogen and oxygen atoms in total. The predicted molar refractivity (Wildman–Crippen MR) is 155 cm³/mol. The maximum Gasteiger partial charge on any atom is -0.00218 e. The molecular weight excluding hydrogens is 400 g/mol. The van der Waals surface area contributed by atoms with Gasteiger partial charge in [0, 0.05) is 0 Å². The molecule has 0 aliphatic carbocycles.